The monoisotopic (exact) mass is 657 g/mol. The summed E-state index contributed by atoms with van der Waals surface area (Å²) in [6, 6.07) is 29.6. The second-order valence-electron chi connectivity index (χ2n) is 10.2. The van der Waals surface area contributed by atoms with Crippen LogP contribution in [-0.2, 0) is 17.2 Å². The molecule has 0 saturated heterocycles. The molecule has 1 unspecified atom stereocenters. The van der Waals surface area contributed by atoms with Crippen LogP contribution in [0.5, 0.6) is 11.5 Å². The van der Waals surface area contributed by atoms with Gasteiger partial charge in [0, 0.05) is 27.1 Å². The van der Waals surface area contributed by atoms with Crippen molar-refractivity contribution in [2.45, 2.75) is 30.5 Å². The molecular weight excluding hydrogens is 629 g/mol. The van der Waals surface area contributed by atoms with Crippen molar-refractivity contribution in [3.05, 3.63) is 135 Å². The van der Waals surface area contributed by atoms with Crippen LogP contribution in [0.1, 0.15) is 29.7 Å². The van der Waals surface area contributed by atoms with Gasteiger partial charge in [-0.25, -0.2) is 4.68 Å². The van der Waals surface area contributed by atoms with Gasteiger partial charge in [-0.3, -0.25) is 4.79 Å². The highest BCUT2D eigenvalue weighted by molar-refractivity contribution is 7.98. The molecule has 0 spiro atoms. The molecule has 45 heavy (non-hydrogen) atoms. The van der Waals surface area contributed by atoms with Gasteiger partial charge in [0.05, 0.1) is 18.4 Å². The SMILES string of the molecule is COc1ccccc1NC(=O)C1=C(C)Nc2nc(SCc3ccccc3Cl)nn2C1c1ccc(OCc2ccccc2Cl)cc1. The Morgan fingerprint density at radius 3 is 2.31 bits per heavy atom. The molecule has 8 nitrogen and oxygen atoms in total. The summed E-state index contributed by atoms with van der Waals surface area (Å²) in [6.07, 6.45) is 0. The number of halogens is 2. The Morgan fingerprint density at radius 2 is 1.60 bits per heavy atom. The van der Waals surface area contributed by atoms with Gasteiger partial charge in [0.25, 0.3) is 5.91 Å². The number of carbonyl (C=O) groups is 1. The maximum absolute atomic E-state index is 14.0. The molecule has 1 aliphatic rings. The molecule has 4 aromatic carbocycles. The summed E-state index contributed by atoms with van der Waals surface area (Å²) in [4.78, 5) is 18.7. The van der Waals surface area contributed by atoms with Crippen molar-refractivity contribution in [3.63, 3.8) is 0 Å². The van der Waals surface area contributed by atoms with Gasteiger partial charge in [-0.1, -0.05) is 95.6 Å². The largest absolute Gasteiger partial charge is 0.495 e. The minimum Gasteiger partial charge on any atom is -0.495 e. The highest BCUT2D eigenvalue weighted by Gasteiger charge is 2.34. The third-order valence-electron chi connectivity index (χ3n) is 7.30. The number of fused-ring (bicyclic) bond motifs is 1. The Balaban J connectivity index is 1.31. The lowest BCUT2D eigenvalue weighted by molar-refractivity contribution is -0.113. The van der Waals surface area contributed by atoms with Gasteiger partial charge in [-0.05, 0) is 54.4 Å². The van der Waals surface area contributed by atoms with Gasteiger partial charge < -0.3 is 20.1 Å². The second-order valence-corrected chi connectivity index (χ2v) is 12.0. The van der Waals surface area contributed by atoms with Crippen LogP contribution >= 0.6 is 35.0 Å². The van der Waals surface area contributed by atoms with E-state index in [9.17, 15) is 4.79 Å². The van der Waals surface area contributed by atoms with Crippen LogP contribution in [0.4, 0.5) is 11.6 Å². The van der Waals surface area contributed by atoms with Crippen LogP contribution in [0, 0.1) is 0 Å². The highest BCUT2D eigenvalue weighted by Crippen LogP contribution is 2.38. The number of benzene rings is 4. The van der Waals surface area contributed by atoms with E-state index in [1.54, 1.807) is 23.9 Å². The summed E-state index contributed by atoms with van der Waals surface area (Å²) < 4.78 is 13.2. The molecule has 5 aromatic rings. The zero-order chi connectivity index (χ0) is 31.3. The number of hydrogen-bond donors (Lipinski definition) is 2. The topological polar surface area (TPSA) is 90.3 Å². The van der Waals surface area contributed by atoms with Crippen molar-refractivity contribution in [2.75, 3.05) is 17.7 Å². The third-order valence-corrected chi connectivity index (χ3v) is 8.92. The molecular formula is C34H29Cl2N5O3S. The first-order valence-electron chi connectivity index (χ1n) is 14.1. The number of methoxy groups -OCH3 is 1. The number of aromatic nitrogens is 3. The lowest BCUT2D eigenvalue weighted by atomic mass is 9.95. The lowest BCUT2D eigenvalue weighted by Gasteiger charge is -2.29. The maximum Gasteiger partial charge on any atom is 0.255 e. The Kier molecular flexibility index (Phi) is 9.30. The van der Waals surface area contributed by atoms with E-state index in [0.29, 0.717) is 62.0 Å². The molecule has 2 heterocycles. The molecule has 2 N–H and O–H groups in total. The third kappa shape index (κ3) is 6.81. The Labute approximate surface area is 275 Å². The maximum atomic E-state index is 14.0. The quantitative estimate of drug-likeness (QED) is 0.146. The zero-order valence-corrected chi connectivity index (χ0v) is 26.8. The predicted octanol–water partition coefficient (Wildman–Crippen LogP) is 8.39. The molecule has 0 aliphatic carbocycles. The summed E-state index contributed by atoms with van der Waals surface area (Å²) >= 11 is 14.2. The van der Waals surface area contributed by atoms with Crippen LogP contribution in [0.3, 0.4) is 0 Å². The smallest absolute Gasteiger partial charge is 0.255 e. The first kappa shape index (κ1) is 30.6. The molecule has 6 rings (SSSR count). The van der Waals surface area contributed by atoms with Crippen LogP contribution in [0.2, 0.25) is 10.0 Å². The molecule has 1 amide bonds. The molecule has 0 saturated carbocycles. The van der Waals surface area contributed by atoms with E-state index in [4.69, 9.17) is 42.8 Å². The van der Waals surface area contributed by atoms with Crippen LogP contribution in [0.15, 0.2) is 113 Å². The van der Waals surface area contributed by atoms with Gasteiger partial charge in [-0.2, -0.15) is 4.98 Å². The minimum atomic E-state index is -0.573. The van der Waals surface area contributed by atoms with E-state index in [1.165, 1.54) is 11.8 Å². The number of allylic oxidation sites excluding steroid dienone is 1. The summed E-state index contributed by atoms with van der Waals surface area (Å²) in [5, 5.41) is 13.1. The number of anilines is 2. The zero-order valence-electron chi connectivity index (χ0n) is 24.5. The second kappa shape index (κ2) is 13.7. The van der Waals surface area contributed by atoms with Crippen LogP contribution in [-0.4, -0.2) is 27.8 Å². The standard InChI is InChI=1S/C34H29Cl2N5O3S/c1-21-30(32(42)38-28-13-7-8-14-29(28)43-2)31(22-15-17-25(18-16-22)44-19-23-9-3-5-11-26(23)35)41-33(37-21)39-34(40-41)45-20-24-10-4-6-12-27(24)36/h3-18,31H,19-20H2,1-2H3,(H,38,42)(H,37,39,40). The fraction of sp³-hybridized carbons (Fsp3) is 0.147. The summed E-state index contributed by atoms with van der Waals surface area (Å²) in [7, 11) is 1.57. The number of nitrogens with one attached hydrogen (secondary N) is 2. The number of para-hydroxylation sites is 2. The molecule has 1 atom stereocenters. The van der Waals surface area contributed by atoms with Crippen LogP contribution < -0.4 is 20.1 Å². The van der Waals surface area contributed by atoms with E-state index < -0.39 is 6.04 Å². The molecule has 228 valence electrons. The van der Waals surface area contributed by atoms with Crippen molar-refractivity contribution < 1.29 is 14.3 Å². The van der Waals surface area contributed by atoms with Crippen molar-refractivity contribution in [1.29, 1.82) is 0 Å². The van der Waals surface area contributed by atoms with Crippen molar-refractivity contribution in [2.24, 2.45) is 0 Å². The number of hydrogen-bond acceptors (Lipinski definition) is 7. The highest BCUT2D eigenvalue weighted by atomic mass is 35.5. The summed E-state index contributed by atoms with van der Waals surface area (Å²) in [5.41, 5.74) is 4.43. The molecule has 1 aliphatic heterocycles. The first-order chi connectivity index (χ1) is 21.9. The molecule has 1 aromatic heterocycles. The normalized spacial score (nSPS) is 14.0. The Bertz CT molecular complexity index is 1880. The number of nitrogens with zero attached hydrogens (tertiary/aromatic N) is 3. The minimum absolute atomic E-state index is 0.292. The van der Waals surface area contributed by atoms with E-state index in [2.05, 4.69) is 10.6 Å². The van der Waals surface area contributed by atoms with Gasteiger partial charge in [0.2, 0.25) is 11.1 Å². The van der Waals surface area contributed by atoms with Gasteiger partial charge in [0.1, 0.15) is 24.1 Å². The molecule has 0 fully saturated rings. The van der Waals surface area contributed by atoms with Gasteiger partial charge in [0.15, 0.2) is 0 Å². The Morgan fingerprint density at radius 1 is 0.933 bits per heavy atom. The van der Waals surface area contributed by atoms with E-state index >= 15 is 0 Å². The van der Waals surface area contributed by atoms with Gasteiger partial charge in [-0.15, -0.1) is 5.10 Å². The molecule has 11 heteroatoms. The van der Waals surface area contributed by atoms with E-state index in [-0.39, 0.29) is 5.91 Å². The molecule has 0 bridgehead atoms. The number of ether oxygens (including phenoxy) is 2. The predicted molar refractivity (Wildman–Crippen MR) is 179 cm³/mol. The van der Waals surface area contributed by atoms with Crippen molar-refractivity contribution >= 4 is 52.5 Å². The first-order valence-corrected chi connectivity index (χ1v) is 15.9. The summed E-state index contributed by atoms with van der Waals surface area (Å²) in [5.74, 6) is 2.07. The fourth-order valence-electron chi connectivity index (χ4n) is 5.01. The van der Waals surface area contributed by atoms with E-state index in [0.717, 1.165) is 16.7 Å². The van der Waals surface area contributed by atoms with E-state index in [1.807, 2.05) is 91.9 Å². The summed E-state index contributed by atoms with van der Waals surface area (Å²) in [6.45, 7) is 2.19. The molecule has 0 radical (unpaired) electrons. The number of thioether (sulfide) groups is 1. The number of amides is 1. The van der Waals surface area contributed by atoms with Gasteiger partial charge >= 0.3 is 0 Å². The fourth-order valence-corrected chi connectivity index (χ4v) is 6.32. The van der Waals surface area contributed by atoms with Crippen LogP contribution in [0.25, 0.3) is 0 Å². The number of rotatable bonds is 10. The Hall–Kier alpha value is -4.44. The van der Waals surface area contributed by atoms with Crippen molar-refractivity contribution in [3.8, 4) is 11.5 Å². The van der Waals surface area contributed by atoms with Crippen molar-refractivity contribution in [1.82, 2.24) is 14.8 Å². The average molecular weight is 659 g/mol. The average Bonchev–Trinajstić information content (AvgIpc) is 3.46. The lowest BCUT2D eigenvalue weighted by Crippen LogP contribution is -2.31. The number of carbonyl (C=O) groups excluding carboxylic acids is 1.